The van der Waals surface area contributed by atoms with E-state index in [2.05, 4.69) is 46.9 Å². The Morgan fingerprint density at radius 2 is 1.76 bits per heavy atom. The minimum absolute atomic E-state index is 0.00180. The number of carbonyl (C=O) groups is 3. The van der Waals surface area contributed by atoms with Crippen molar-refractivity contribution in [3.05, 3.63) is 70.9 Å². The van der Waals surface area contributed by atoms with Crippen molar-refractivity contribution in [1.29, 1.82) is 0 Å². The van der Waals surface area contributed by atoms with Gasteiger partial charge in [0.25, 0.3) is 11.8 Å². The van der Waals surface area contributed by atoms with Gasteiger partial charge in [-0.25, -0.2) is 4.79 Å². The molecular formula is C27H30N4O3. The van der Waals surface area contributed by atoms with Gasteiger partial charge in [-0.1, -0.05) is 38.1 Å². The fourth-order valence-electron chi connectivity index (χ4n) is 5.46. The third-order valence-electron chi connectivity index (χ3n) is 7.44. The summed E-state index contributed by atoms with van der Waals surface area (Å²) in [4.78, 5) is 42.9. The molecule has 176 valence electrons. The lowest BCUT2D eigenvalue weighted by atomic mass is 9.79. The smallest absolute Gasteiger partial charge is 0.322 e. The minimum Gasteiger partial charge on any atom is -0.361 e. The molecule has 3 aromatic rings. The van der Waals surface area contributed by atoms with Crippen LogP contribution in [-0.2, 0) is 10.3 Å². The molecule has 3 N–H and O–H groups in total. The summed E-state index contributed by atoms with van der Waals surface area (Å²) in [6, 6.07) is 13.1. The van der Waals surface area contributed by atoms with E-state index in [9.17, 15) is 14.4 Å². The molecule has 2 aliphatic heterocycles. The Balaban J connectivity index is 1.28. The predicted molar refractivity (Wildman–Crippen MR) is 131 cm³/mol. The molecule has 2 fully saturated rings. The molecule has 3 heterocycles. The molecule has 7 heteroatoms. The monoisotopic (exact) mass is 458 g/mol. The number of piperidine rings is 1. The van der Waals surface area contributed by atoms with Crippen molar-refractivity contribution in [1.82, 2.24) is 20.5 Å². The average Bonchev–Trinajstić information content (AvgIpc) is 3.38. The van der Waals surface area contributed by atoms with Gasteiger partial charge in [-0.15, -0.1) is 0 Å². The fraction of sp³-hybridized carbons (Fsp3) is 0.370. The summed E-state index contributed by atoms with van der Waals surface area (Å²) in [5.74, 6) is -0.0784. The molecule has 2 aromatic carbocycles. The highest BCUT2D eigenvalue weighted by molar-refractivity contribution is 6.07. The number of carbonyl (C=O) groups excluding carboxylic acids is 3. The number of aromatic nitrogens is 1. The van der Waals surface area contributed by atoms with Gasteiger partial charge in [0.05, 0.1) is 0 Å². The van der Waals surface area contributed by atoms with E-state index >= 15 is 0 Å². The molecule has 1 aromatic heterocycles. The summed E-state index contributed by atoms with van der Waals surface area (Å²) in [6.07, 6.45) is 3.97. The number of nitrogens with one attached hydrogen (secondary N) is 3. The predicted octanol–water partition coefficient (Wildman–Crippen LogP) is 4.19. The number of benzene rings is 2. The van der Waals surface area contributed by atoms with Crippen LogP contribution in [-0.4, -0.2) is 40.8 Å². The minimum atomic E-state index is -1.12. The van der Waals surface area contributed by atoms with Crippen molar-refractivity contribution in [2.75, 3.05) is 13.1 Å². The fourth-order valence-corrected chi connectivity index (χ4v) is 5.46. The summed E-state index contributed by atoms with van der Waals surface area (Å²) in [7, 11) is 0. The van der Waals surface area contributed by atoms with Crippen molar-refractivity contribution in [2.45, 2.75) is 45.1 Å². The van der Waals surface area contributed by atoms with Gasteiger partial charge in [0.15, 0.2) is 0 Å². The van der Waals surface area contributed by atoms with Crippen molar-refractivity contribution in [2.24, 2.45) is 5.92 Å². The average molecular weight is 459 g/mol. The van der Waals surface area contributed by atoms with Crippen LogP contribution in [0.4, 0.5) is 4.79 Å². The van der Waals surface area contributed by atoms with Crippen LogP contribution in [0.3, 0.4) is 0 Å². The standard InChI is InChI=1S/C27H30N4O3/c1-16(2)27(25(33)29-26(34)30-27)20-7-5-19(6-8-20)24(32)31-12-10-18(11-13-31)22-15-28-23-14-17(3)4-9-21(22)23/h4-9,14-16,18,28H,10-13H2,1-3H3,(H2,29,30,33,34)/t27-/m1/s1. The molecule has 34 heavy (non-hydrogen) atoms. The largest absolute Gasteiger partial charge is 0.361 e. The first-order valence-corrected chi connectivity index (χ1v) is 11.9. The number of aromatic amines is 1. The number of hydrogen-bond donors (Lipinski definition) is 3. The highest BCUT2D eigenvalue weighted by atomic mass is 16.2. The lowest BCUT2D eigenvalue weighted by Gasteiger charge is -2.33. The number of likely N-dealkylation sites (tertiary alicyclic amines) is 1. The molecule has 0 saturated carbocycles. The van der Waals surface area contributed by atoms with Crippen LogP contribution in [0.25, 0.3) is 10.9 Å². The van der Waals surface area contributed by atoms with E-state index in [0.717, 1.165) is 12.8 Å². The van der Waals surface area contributed by atoms with Crippen LogP contribution in [0.1, 0.15) is 59.7 Å². The molecule has 0 bridgehead atoms. The van der Waals surface area contributed by atoms with Crippen LogP contribution in [0.15, 0.2) is 48.7 Å². The van der Waals surface area contributed by atoms with Crippen LogP contribution in [0, 0.1) is 12.8 Å². The van der Waals surface area contributed by atoms with Gasteiger partial charge >= 0.3 is 6.03 Å². The van der Waals surface area contributed by atoms with Crippen molar-refractivity contribution >= 4 is 28.7 Å². The highest BCUT2D eigenvalue weighted by Crippen LogP contribution is 2.35. The first-order chi connectivity index (χ1) is 16.3. The zero-order chi connectivity index (χ0) is 24.0. The van der Waals surface area contributed by atoms with E-state index in [0.29, 0.717) is 30.1 Å². The number of H-pyrrole nitrogens is 1. The Morgan fingerprint density at radius 1 is 1.06 bits per heavy atom. The van der Waals surface area contributed by atoms with Crippen LogP contribution < -0.4 is 10.6 Å². The molecule has 2 aliphatic rings. The number of aryl methyl sites for hydroxylation is 1. The number of urea groups is 1. The molecule has 0 unspecified atom stereocenters. The molecular weight excluding hydrogens is 428 g/mol. The van der Waals surface area contributed by atoms with E-state index in [4.69, 9.17) is 0 Å². The second-order valence-electron chi connectivity index (χ2n) is 9.81. The first kappa shape index (κ1) is 22.2. The molecule has 2 saturated heterocycles. The van der Waals surface area contributed by atoms with E-state index in [1.807, 2.05) is 18.7 Å². The summed E-state index contributed by atoms with van der Waals surface area (Å²) >= 11 is 0. The van der Waals surface area contributed by atoms with Gasteiger partial charge in [0.2, 0.25) is 0 Å². The van der Waals surface area contributed by atoms with Crippen LogP contribution in [0.5, 0.6) is 0 Å². The molecule has 4 amide bonds. The summed E-state index contributed by atoms with van der Waals surface area (Å²) in [5, 5.41) is 6.39. The zero-order valence-corrected chi connectivity index (χ0v) is 19.8. The number of hydrogen-bond acceptors (Lipinski definition) is 3. The van der Waals surface area contributed by atoms with Crippen molar-refractivity contribution in [3.8, 4) is 0 Å². The Kier molecular flexibility index (Phi) is 5.42. The van der Waals surface area contributed by atoms with Crippen LogP contribution in [0.2, 0.25) is 0 Å². The number of amides is 4. The molecule has 5 rings (SSSR count). The van der Waals surface area contributed by atoms with Gasteiger partial charge < -0.3 is 15.2 Å². The summed E-state index contributed by atoms with van der Waals surface area (Å²) < 4.78 is 0. The highest BCUT2D eigenvalue weighted by Gasteiger charge is 2.50. The number of rotatable bonds is 4. The van der Waals surface area contributed by atoms with Gasteiger partial charge in [0, 0.05) is 35.8 Å². The first-order valence-electron chi connectivity index (χ1n) is 11.9. The van der Waals surface area contributed by atoms with Gasteiger partial charge in [0.1, 0.15) is 5.54 Å². The SMILES string of the molecule is Cc1ccc2c(C3CCN(C(=O)c4ccc([C@@]5(C(C)C)NC(=O)NC5=O)cc4)CC3)c[nH]c2c1. The third-order valence-corrected chi connectivity index (χ3v) is 7.44. The second-order valence-corrected chi connectivity index (χ2v) is 9.81. The Bertz CT molecular complexity index is 1270. The molecule has 0 spiro atoms. The maximum atomic E-state index is 13.2. The van der Waals surface area contributed by atoms with E-state index in [1.54, 1.807) is 24.3 Å². The number of nitrogens with zero attached hydrogens (tertiary/aromatic N) is 1. The van der Waals surface area contributed by atoms with Crippen molar-refractivity contribution < 1.29 is 14.4 Å². The number of fused-ring (bicyclic) bond motifs is 1. The van der Waals surface area contributed by atoms with Gasteiger partial charge in [-0.05, 0) is 66.5 Å². The van der Waals surface area contributed by atoms with Gasteiger partial charge in [-0.3, -0.25) is 14.9 Å². The van der Waals surface area contributed by atoms with E-state index in [1.165, 1.54) is 22.0 Å². The van der Waals surface area contributed by atoms with Gasteiger partial charge in [-0.2, -0.15) is 0 Å². The molecule has 1 atom stereocenters. The van der Waals surface area contributed by atoms with E-state index < -0.39 is 11.6 Å². The lowest BCUT2D eigenvalue weighted by molar-refractivity contribution is -0.125. The van der Waals surface area contributed by atoms with Crippen molar-refractivity contribution in [3.63, 3.8) is 0 Å². The lowest BCUT2D eigenvalue weighted by Crippen LogP contribution is -2.48. The quantitative estimate of drug-likeness (QED) is 0.512. The normalized spacial score (nSPS) is 21.2. The summed E-state index contributed by atoms with van der Waals surface area (Å²) in [6.45, 7) is 7.29. The molecule has 0 aliphatic carbocycles. The maximum Gasteiger partial charge on any atom is 0.322 e. The Labute approximate surface area is 198 Å². The summed E-state index contributed by atoms with van der Waals surface area (Å²) in [5.41, 5.74) is 3.89. The third kappa shape index (κ3) is 3.56. The Morgan fingerprint density at radius 3 is 2.38 bits per heavy atom. The number of imide groups is 1. The maximum absolute atomic E-state index is 13.2. The molecule has 0 radical (unpaired) electrons. The zero-order valence-electron chi connectivity index (χ0n) is 19.8. The Hall–Kier alpha value is -3.61. The van der Waals surface area contributed by atoms with E-state index in [-0.39, 0.29) is 17.7 Å². The second kappa shape index (κ2) is 8.31. The topological polar surface area (TPSA) is 94.3 Å². The van der Waals surface area contributed by atoms with Crippen LogP contribution >= 0.6 is 0 Å². The molecule has 7 nitrogen and oxygen atoms in total.